The van der Waals surface area contributed by atoms with Crippen molar-refractivity contribution in [3.63, 3.8) is 0 Å². The first-order chi connectivity index (χ1) is 6.76. The van der Waals surface area contributed by atoms with Gasteiger partial charge in [-0.2, -0.15) is 0 Å². The van der Waals surface area contributed by atoms with Gasteiger partial charge >= 0.3 is 0 Å². The molecule has 0 aliphatic carbocycles. The van der Waals surface area contributed by atoms with Gasteiger partial charge in [0.05, 0.1) is 0 Å². The van der Waals surface area contributed by atoms with Gasteiger partial charge in [0, 0.05) is 11.9 Å². The first-order valence-electron chi connectivity index (χ1n) is 6.04. The van der Waals surface area contributed by atoms with Crippen molar-refractivity contribution in [2.24, 2.45) is 11.8 Å². The molecule has 0 saturated carbocycles. The second-order valence-corrected chi connectivity index (χ2v) is 5.41. The molecule has 0 bridgehead atoms. The van der Waals surface area contributed by atoms with Gasteiger partial charge < -0.3 is 4.90 Å². The summed E-state index contributed by atoms with van der Waals surface area (Å²) in [7, 11) is 0. The van der Waals surface area contributed by atoms with E-state index in [1.54, 1.807) is 0 Å². The Morgan fingerprint density at radius 2 is 2.14 bits per heavy atom. The molecule has 1 fully saturated rings. The molecule has 1 saturated heterocycles. The van der Waals surface area contributed by atoms with Gasteiger partial charge in [0.15, 0.2) is 0 Å². The summed E-state index contributed by atoms with van der Waals surface area (Å²) < 4.78 is 0. The minimum absolute atomic E-state index is 0.850. The van der Waals surface area contributed by atoms with E-state index in [4.69, 9.17) is 0 Å². The van der Waals surface area contributed by atoms with Crippen molar-refractivity contribution < 1.29 is 0 Å². The Balaban J connectivity index is 2.29. The summed E-state index contributed by atoms with van der Waals surface area (Å²) in [5, 5.41) is 1.16. The lowest BCUT2D eigenvalue weighted by molar-refractivity contribution is 0.243. The standard InChI is InChI=1S/C12H24BrN/c1-3-12(9-13)10-14-7-4-5-11(2)6-8-14/h11-12H,3-10H2,1-2H3. The first kappa shape index (κ1) is 12.5. The molecule has 1 nitrogen and oxygen atoms in total. The van der Waals surface area contributed by atoms with Crippen LogP contribution in [0.5, 0.6) is 0 Å². The normalized spacial score (nSPS) is 27.2. The van der Waals surface area contributed by atoms with Crippen molar-refractivity contribution in [3.05, 3.63) is 0 Å². The Labute approximate surface area is 97.4 Å². The molecule has 1 aliphatic rings. The Hall–Kier alpha value is 0.440. The molecule has 14 heavy (non-hydrogen) atoms. The van der Waals surface area contributed by atoms with E-state index in [2.05, 4.69) is 34.7 Å². The Morgan fingerprint density at radius 3 is 2.79 bits per heavy atom. The highest BCUT2D eigenvalue weighted by atomic mass is 79.9. The van der Waals surface area contributed by atoms with Gasteiger partial charge in [-0.3, -0.25) is 0 Å². The maximum absolute atomic E-state index is 3.61. The molecule has 2 atom stereocenters. The fraction of sp³-hybridized carbons (Fsp3) is 1.00. The maximum Gasteiger partial charge on any atom is 0.00717 e. The topological polar surface area (TPSA) is 3.24 Å². The summed E-state index contributed by atoms with van der Waals surface area (Å²) >= 11 is 3.61. The number of rotatable bonds is 4. The highest BCUT2D eigenvalue weighted by Gasteiger charge is 2.16. The van der Waals surface area contributed by atoms with E-state index in [1.807, 2.05) is 0 Å². The van der Waals surface area contributed by atoms with Crippen LogP contribution in [0, 0.1) is 11.8 Å². The number of alkyl halides is 1. The summed E-state index contributed by atoms with van der Waals surface area (Å²) in [5.41, 5.74) is 0. The van der Waals surface area contributed by atoms with E-state index < -0.39 is 0 Å². The summed E-state index contributed by atoms with van der Waals surface area (Å²) in [6.45, 7) is 8.64. The molecule has 84 valence electrons. The molecule has 0 aromatic carbocycles. The molecular weight excluding hydrogens is 238 g/mol. The zero-order chi connectivity index (χ0) is 10.4. The van der Waals surface area contributed by atoms with Crippen LogP contribution in [0.15, 0.2) is 0 Å². The summed E-state index contributed by atoms with van der Waals surface area (Å²) in [6, 6.07) is 0. The third-order valence-electron chi connectivity index (χ3n) is 3.42. The molecule has 1 rings (SSSR count). The average Bonchev–Trinajstić information content (AvgIpc) is 2.40. The van der Waals surface area contributed by atoms with Crippen molar-refractivity contribution in [2.45, 2.75) is 39.5 Å². The van der Waals surface area contributed by atoms with Crippen LogP contribution in [0.1, 0.15) is 39.5 Å². The number of halogens is 1. The van der Waals surface area contributed by atoms with Crippen LogP contribution in [-0.4, -0.2) is 29.9 Å². The van der Waals surface area contributed by atoms with E-state index in [0.717, 1.165) is 17.2 Å². The number of nitrogens with zero attached hydrogens (tertiary/aromatic N) is 1. The van der Waals surface area contributed by atoms with Crippen LogP contribution >= 0.6 is 15.9 Å². The fourth-order valence-corrected chi connectivity index (χ4v) is 2.82. The summed E-state index contributed by atoms with van der Waals surface area (Å²) in [4.78, 5) is 2.67. The second kappa shape index (κ2) is 6.84. The molecule has 0 aromatic heterocycles. The van der Waals surface area contributed by atoms with Gasteiger partial charge in [-0.05, 0) is 44.2 Å². The summed E-state index contributed by atoms with van der Waals surface area (Å²) in [6.07, 6.45) is 5.54. The van der Waals surface area contributed by atoms with Crippen LogP contribution in [0.2, 0.25) is 0 Å². The molecule has 0 aromatic rings. The molecule has 2 unspecified atom stereocenters. The zero-order valence-corrected chi connectivity index (χ0v) is 11.2. The lowest BCUT2D eigenvalue weighted by Crippen LogP contribution is -2.31. The predicted octanol–water partition coefficient (Wildman–Crippen LogP) is 3.53. The van der Waals surface area contributed by atoms with Crippen molar-refractivity contribution in [1.29, 1.82) is 0 Å². The number of hydrogen-bond acceptors (Lipinski definition) is 1. The van der Waals surface area contributed by atoms with Crippen LogP contribution in [0.25, 0.3) is 0 Å². The molecule has 1 heterocycles. The maximum atomic E-state index is 3.61. The van der Waals surface area contributed by atoms with Gasteiger partial charge in [-0.1, -0.05) is 36.2 Å². The largest absolute Gasteiger partial charge is 0.303 e. The van der Waals surface area contributed by atoms with Crippen LogP contribution in [0.4, 0.5) is 0 Å². The fourth-order valence-electron chi connectivity index (χ4n) is 2.16. The van der Waals surface area contributed by atoms with Crippen LogP contribution in [0.3, 0.4) is 0 Å². The van der Waals surface area contributed by atoms with E-state index in [0.29, 0.717) is 0 Å². The molecule has 0 amide bonds. The third kappa shape index (κ3) is 4.31. The predicted molar refractivity (Wildman–Crippen MR) is 67.0 cm³/mol. The average molecular weight is 262 g/mol. The Kier molecular flexibility index (Phi) is 6.11. The van der Waals surface area contributed by atoms with Gasteiger partial charge in [-0.15, -0.1) is 0 Å². The highest BCUT2D eigenvalue weighted by Crippen LogP contribution is 2.18. The van der Waals surface area contributed by atoms with Crippen molar-refractivity contribution in [2.75, 3.05) is 25.0 Å². The van der Waals surface area contributed by atoms with Gasteiger partial charge in [0.25, 0.3) is 0 Å². The second-order valence-electron chi connectivity index (χ2n) is 4.77. The molecular formula is C12H24BrN. The first-order valence-corrected chi connectivity index (χ1v) is 7.16. The SMILES string of the molecule is CCC(CBr)CN1CCCC(C)CC1. The lowest BCUT2D eigenvalue weighted by atomic mass is 10.0. The van der Waals surface area contributed by atoms with Crippen molar-refractivity contribution in [3.8, 4) is 0 Å². The van der Waals surface area contributed by atoms with Crippen molar-refractivity contribution in [1.82, 2.24) is 4.90 Å². The van der Waals surface area contributed by atoms with Gasteiger partial charge in [0.2, 0.25) is 0 Å². The number of likely N-dealkylation sites (tertiary alicyclic amines) is 1. The van der Waals surface area contributed by atoms with Gasteiger partial charge in [-0.25, -0.2) is 0 Å². The molecule has 0 spiro atoms. The monoisotopic (exact) mass is 261 g/mol. The Morgan fingerprint density at radius 1 is 1.36 bits per heavy atom. The highest BCUT2D eigenvalue weighted by molar-refractivity contribution is 9.09. The molecule has 0 radical (unpaired) electrons. The lowest BCUT2D eigenvalue weighted by Gasteiger charge is -2.24. The molecule has 2 heteroatoms. The minimum Gasteiger partial charge on any atom is -0.303 e. The van der Waals surface area contributed by atoms with E-state index in [1.165, 1.54) is 45.3 Å². The molecule has 0 N–H and O–H groups in total. The van der Waals surface area contributed by atoms with E-state index in [-0.39, 0.29) is 0 Å². The summed E-state index contributed by atoms with van der Waals surface area (Å²) in [5.74, 6) is 1.80. The van der Waals surface area contributed by atoms with Crippen LogP contribution < -0.4 is 0 Å². The zero-order valence-electron chi connectivity index (χ0n) is 9.64. The third-order valence-corrected chi connectivity index (χ3v) is 4.34. The van der Waals surface area contributed by atoms with Crippen LogP contribution in [-0.2, 0) is 0 Å². The van der Waals surface area contributed by atoms with E-state index in [9.17, 15) is 0 Å². The van der Waals surface area contributed by atoms with Gasteiger partial charge in [0.1, 0.15) is 0 Å². The minimum atomic E-state index is 0.850. The smallest absolute Gasteiger partial charge is 0.00717 e. The Bertz CT molecular complexity index is 145. The van der Waals surface area contributed by atoms with Crippen molar-refractivity contribution >= 4 is 15.9 Å². The quantitative estimate of drug-likeness (QED) is 0.700. The number of hydrogen-bond donors (Lipinski definition) is 0. The van der Waals surface area contributed by atoms with E-state index >= 15 is 0 Å². The molecule has 1 aliphatic heterocycles.